The lowest BCUT2D eigenvalue weighted by atomic mass is 9.98. The molecule has 0 aliphatic heterocycles. The van der Waals surface area contributed by atoms with Gasteiger partial charge in [-0.15, -0.1) is 0 Å². The molecule has 0 aromatic carbocycles. The van der Waals surface area contributed by atoms with Gasteiger partial charge in [-0.05, 0) is 42.9 Å². The maximum atomic E-state index is 11.9. The second kappa shape index (κ2) is 7.51. The lowest BCUT2D eigenvalue weighted by molar-refractivity contribution is 0.553. The van der Waals surface area contributed by atoms with Gasteiger partial charge in [-0.1, -0.05) is 6.07 Å². The predicted octanol–water partition coefficient (Wildman–Crippen LogP) is 2.10. The number of nitrogens with one attached hydrogen (secondary N) is 2. The molecule has 2 N–H and O–H groups in total. The predicted molar refractivity (Wildman–Crippen MR) is 99.0 cm³/mol. The number of pyridine rings is 1. The Bertz CT molecular complexity index is 931. The van der Waals surface area contributed by atoms with Crippen LogP contribution in [-0.2, 0) is 32.4 Å². The van der Waals surface area contributed by atoms with E-state index in [9.17, 15) is 4.79 Å². The van der Waals surface area contributed by atoms with Crippen LogP contribution in [-0.4, -0.2) is 24.7 Å². The van der Waals surface area contributed by atoms with Gasteiger partial charge in [0.05, 0.1) is 11.9 Å². The third kappa shape index (κ3) is 3.82. The molecular weight excluding hydrogens is 328 g/mol. The fourth-order valence-electron chi connectivity index (χ4n) is 3.38. The number of rotatable bonds is 6. The van der Waals surface area contributed by atoms with Crippen LogP contribution in [0, 0.1) is 0 Å². The first kappa shape index (κ1) is 16.5. The second-order valence-corrected chi connectivity index (χ2v) is 6.60. The van der Waals surface area contributed by atoms with Crippen molar-refractivity contribution in [2.24, 2.45) is 0 Å². The Hall–Kier alpha value is -2.96. The number of nitrogens with zero attached hydrogens (tertiary/aromatic N) is 4. The molecule has 3 heterocycles. The molecule has 3 aromatic heterocycles. The van der Waals surface area contributed by atoms with Gasteiger partial charge in [-0.3, -0.25) is 19.4 Å². The average Bonchev–Trinajstić information content (AvgIpc) is 3.08. The van der Waals surface area contributed by atoms with Gasteiger partial charge in [-0.2, -0.15) is 5.10 Å². The summed E-state index contributed by atoms with van der Waals surface area (Å²) in [5.41, 5.74) is 4.36. The zero-order valence-electron chi connectivity index (χ0n) is 14.6. The third-order valence-corrected chi connectivity index (χ3v) is 4.70. The number of hydrogen-bond donors (Lipinski definition) is 2. The number of aryl methyl sites for hydroxylation is 3. The summed E-state index contributed by atoms with van der Waals surface area (Å²) >= 11 is 0. The third-order valence-electron chi connectivity index (χ3n) is 4.70. The first-order valence-electron chi connectivity index (χ1n) is 9.04. The molecule has 0 spiro atoms. The molecule has 7 heteroatoms. The quantitative estimate of drug-likeness (QED) is 0.711. The van der Waals surface area contributed by atoms with Crippen LogP contribution < -0.4 is 10.9 Å². The van der Waals surface area contributed by atoms with Crippen LogP contribution in [0.2, 0.25) is 0 Å². The molecule has 0 saturated heterocycles. The van der Waals surface area contributed by atoms with Crippen LogP contribution in [0.25, 0.3) is 0 Å². The van der Waals surface area contributed by atoms with E-state index in [1.165, 1.54) is 24.1 Å². The van der Waals surface area contributed by atoms with Crippen molar-refractivity contribution in [2.75, 3.05) is 5.32 Å². The number of fused-ring (bicyclic) bond motifs is 1. The number of aromatic nitrogens is 5. The van der Waals surface area contributed by atoms with Gasteiger partial charge in [0.2, 0.25) is 5.95 Å². The van der Waals surface area contributed by atoms with Crippen LogP contribution in [0.4, 0.5) is 5.95 Å². The van der Waals surface area contributed by atoms with E-state index in [1.54, 1.807) is 18.5 Å². The van der Waals surface area contributed by atoms with Crippen LogP contribution in [0.5, 0.6) is 0 Å². The van der Waals surface area contributed by atoms with E-state index >= 15 is 0 Å². The lowest BCUT2D eigenvalue weighted by Crippen LogP contribution is -2.16. The second-order valence-electron chi connectivity index (χ2n) is 6.60. The summed E-state index contributed by atoms with van der Waals surface area (Å²) in [5.74, 6) is 0.485. The summed E-state index contributed by atoms with van der Waals surface area (Å²) in [6.07, 6.45) is 10.9. The van der Waals surface area contributed by atoms with Gasteiger partial charge < -0.3 is 5.32 Å². The topological polar surface area (TPSA) is 88.5 Å². The normalized spacial score (nSPS) is 13.4. The molecule has 3 aromatic rings. The largest absolute Gasteiger partial charge is 0.352 e. The van der Waals surface area contributed by atoms with Gasteiger partial charge in [-0.25, -0.2) is 4.98 Å². The molecule has 134 valence electrons. The van der Waals surface area contributed by atoms with Gasteiger partial charge in [0, 0.05) is 43.7 Å². The average molecular weight is 350 g/mol. The van der Waals surface area contributed by atoms with Crippen molar-refractivity contribution in [1.29, 1.82) is 0 Å². The Labute approximate surface area is 151 Å². The van der Waals surface area contributed by atoms with E-state index in [0.29, 0.717) is 18.9 Å². The van der Waals surface area contributed by atoms with E-state index in [0.717, 1.165) is 30.6 Å². The van der Waals surface area contributed by atoms with E-state index in [2.05, 4.69) is 30.0 Å². The van der Waals surface area contributed by atoms with E-state index in [-0.39, 0.29) is 5.56 Å². The highest BCUT2D eigenvalue weighted by molar-refractivity contribution is 5.27. The minimum absolute atomic E-state index is 0.147. The highest BCUT2D eigenvalue weighted by atomic mass is 16.1. The molecule has 0 radical (unpaired) electrons. The maximum absolute atomic E-state index is 11.9. The van der Waals surface area contributed by atoms with Crippen LogP contribution >= 0.6 is 0 Å². The van der Waals surface area contributed by atoms with Gasteiger partial charge in [0.1, 0.15) is 0 Å². The SMILES string of the molecule is O=c1cc(CCn2ncc3c2CCCC3)nc(NCc2cccnc2)[nH]1. The van der Waals surface area contributed by atoms with E-state index in [1.807, 2.05) is 18.3 Å². The molecular formula is C19H22N6O. The fraction of sp³-hybridized carbons (Fsp3) is 0.368. The van der Waals surface area contributed by atoms with Crippen molar-refractivity contribution < 1.29 is 0 Å². The van der Waals surface area contributed by atoms with Crippen molar-refractivity contribution in [3.05, 3.63) is 69.7 Å². The molecule has 0 unspecified atom stereocenters. The van der Waals surface area contributed by atoms with Gasteiger partial charge in [0.25, 0.3) is 5.56 Å². The molecule has 1 aliphatic carbocycles. The number of H-pyrrole nitrogens is 1. The van der Waals surface area contributed by atoms with Crippen molar-refractivity contribution in [3.8, 4) is 0 Å². The summed E-state index contributed by atoms with van der Waals surface area (Å²) in [5, 5.41) is 7.67. The number of anilines is 1. The van der Waals surface area contributed by atoms with Crippen molar-refractivity contribution >= 4 is 5.95 Å². The molecule has 1 aliphatic rings. The molecule has 0 saturated carbocycles. The first-order chi connectivity index (χ1) is 12.8. The molecule has 0 atom stereocenters. The summed E-state index contributed by atoms with van der Waals surface area (Å²) in [6, 6.07) is 5.42. The van der Waals surface area contributed by atoms with Crippen molar-refractivity contribution in [1.82, 2.24) is 24.7 Å². The molecule has 7 nitrogen and oxygen atoms in total. The van der Waals surface area contributed by atoms with Crippen LogP contribution in [0.15, 0.2) is 41.6 Å². The van der Waals surface area contributed by atoms with Gasteiger partial charge in [0.15, 0.2) is 0 Å². The maximum Gasteiger partial charge on any atom is 0.252 e. The fourth-order valence-corrected chi connectivity index (χ4v) is 3.38. The minimum atomic E-state index is -0.147. The number of aromatic amines is 1. The Balaban J connectivity index is 1.43. The summed E-state index contributed by atoms with van der Waals surface area (Å²) in [4.78, 5) is 23.3. The standard InChI is InChI=1S/C19H22N6O/c26-18-10-16(7-9-25-17-6-2-1-5-15(17)13-22-25)23-19(24-18)21-12-14-4-3-8-20-11-14/h3-4,8,10-11,13H,1-2,5-7,9,12H2,(H2,21,23,24,26). The number of hydrogen-bond acceptors (Lipinski definition) is 5. The molecule has 0 bridgehead atoms. The van der Waals surface area contributed by atoms with Crippen molar-refractivity contribution in [2.45, 2.75) is 45.2 Å². The van der Waals surface area contributed by atoms with Crippen molar-refractivity contribution in [3.63, 3.8) is 0 Å². The first-order valence-corrected chi connectivity index (χ1v) is 9.04. The highest BCUT2D eigenvalue weighted by Crippen LogP contribution is 2.20. The summed E-state index contributed by atoms with van der Waals surface area (Å²) < 4.78 is 2.07. The summed E-state index contributed by atoms with van der Waals surface area (Å²) in [6.45, 7) is 1.31. The Kier molecular flexibility index (Phi) is 4.77. The van der Waals surface area contributed by atoms with Crippen LogP contribution in [0.1, 0.15) is 35.4 Å². The zero-order chi connectivity index (χ0) is 17.8. The highest BCUT2D eigenvalue weighted by Gasteiger charge is 2.15. The monoisotopic (exact) mass is 350 g/mol. The Morgan fingerprint density at radius 2 is 2.15 bits per heavy atom. The molecule has 26 heavy (non-hydrogen) atoms. The smallest absolute Gasteiger partial charge is 0.252 e. The molecule has 4 rings (SSSR count). The minimum Gasteiger partial charge on any atom is -0.352 e. The lowest BCUT2D eigenvalue weighted by Gasteiger charge is -2.14. The summed E-state index contributed by atoms with van der Waals surface area (Å²) in [7, 11) is 0. The Morgan fingerprint density at radius 1 is 1.23 bits per heavy atom. The van der Waals surface area contributed by atoms with Crippen LogP contribution in [0.3, 0.4) is 0 Å². The van der Waals surface area contributed by atoms with Gasteiger partial charge >= 0.3 is 0 Å². The molecule has 0 amide bonds. The van der Waals surface area contributed by atoms with E-state index in [4.69, 9.17) is 0 Å². The van der Waals surface area contributed by atoms with E-state index < -0.39 is 0 Å². The Morgan fingerprint density at radius 3 is 3.04 bits per heavy atom. The zero-order valence-corrected chi connectivity index (χ0v) is 14.6. The molecule has 0 fully saturated rings.